The highest BCUT2D eigenvalue weighted by atomic mass is 16.7. The molecule has 146 valence electrons. The van der Waals surface area contributed by atoms with Gasteiger partial charge in [-0.15, -0.1) is 0 Å². The summed E-state index contributed by atoms with van der Waals surface area (Å²) in [5.41, 5.74) is 1.83. The number of benzene rings is 1. The van der Waals surface area contributed by atoms with Crippen molar-refractivity contribution in [3.05, 3.63) is 41.5 Å². The first-order valence-electron chi connectivity index (χ1n) is 8.78. The molecule has 27 heavy (non-hydrogen) atoms. The molecule has 0 aromatic heterocycles. The van der Waals surface area contributed by atoms with Crippen LogP contribution in [0.25, 0.3) is 0 Å². The highest BCUT2D eigenvalue weighted by Gasteiger charge is 2.28. The molecule has 0 bridgehead atoms. The van der Waals surface area contributed by atoms with E-state index in [0.717, 1.165) is 6.08 Å². The predicted molar refractivity (Wildman–Crippen MR) is 96.5 cm³/mol. The van der Waals surface area contributed by atoms with Gasteiger partial charge in [0.05, 0.1) is 11.5 Å². The van der Waals surface area contributed by atoms with E-state index in [2.05, 4.69) is 6.58 Å². The number of aryl methyl sites for hydroxylation is 2. The molecule has 0 heterocycles. The van der Waals surface area contributed by atoms with Crippen molar-refractivity contribution in [1.29, 1.82) is 0 Å². The molecule has 0 unspecified atom stereocenters. The molecule has 1 aliphatic carbocycles. The number of rotatable bonds is 7. The average molecular weight is 376 g/mol. The summed E-state index contributed by atoms with van der Waals surface area (Å²) in [6.07, 6.45) is 2.92. The lowest BCUT2D eigenvalue weighted by molar-refractivity contribution is -0.144. The first-order chi connectivity index (χ1) is 12.8. The number of hydrogen-bond acceptors (Lipinski definition) is 6. The fourth-order valence-electron chi connectivity index (χ4n) is 3.15. The van der Waals surface area contributed by atoms with Crippen LogP contribution in [0, 0.1) is 19.8 Å². The lowest BCUT2D eigenvalue weighted by Gasteiger charge is -2.26. The smallest absolute Gasteiger partial charge is 0.338 e. The Bertz CT molecular complexity index is 707. The van der Waals surface area contributed by atoms with Crippen molar-refractivity contribution in [2.24, 2.45) is 5.92 Å². The summed E-state index contributed by atoms with van der Waals surface area (Å²) in [5, 5.41) is 9.03. The van der Waals surface area contributed by atoms with E-state index in [1.165, 1.54) is 0 Å². The molecule has 2 rings (SSSR count). The molecule has 1 aromatic carbocycles. The van der Waals surface area contributed by atoms with Gasteiger partial charge in [-0.1, -0.05) is 6.58 Å². The maximum atomic E-state index is 12.4. The van der Waals surface area contributed by atoms with Crippen LogP contribution in [0.1, 0.15) is 47.2 Å². The Balaban J connectivity index is 1.96. The Morgan fingerprint density at radius 3 is 2.26 bits per heavy atom. The molecule has 0 atom stereocenters. The van der Waals surface area contributed by atoms with Gasteiger partial charge < -0.3 is 19.3 Å². The summed E-state index contributed by atoms with van der Waals surface area (Å²) in [4.78, 5) is 34.5. The van der Waals surface area contributed by atoms with Gasteiger partial charge in [0.2, 0.25) is 6.79 Å². The zero-order valence-electron chi connectivity index (χ0n) is 15.5. The van der Waals surface area contributed by atoms with Gasteiger partial charge in [-0.25, -0.2) is 9.59 Å². The molecule has 1 aromatic rings. The first-order valence-corrected chi connectivity index (χ1v) is 8.78. The fraction of sp³-hybridized carbons (Fsp3) is 0.450. The molecule has 1 saturated carbocycles. The Morgan fingerprint density at radius 2 is 1.74 bits per heavy atom. The minimum absolute atomic E-state index is 0.247. The van der Waals surface area contributed by atoms with E-state index in [1.54, 1.807) is 26.0 Å². The van der Waals surface area contributed by atoms with Crippen LogP contribution in [0.4, 0.5) is 0 Å². The van der Waals surface area contributed by atoms with Crippen LogP contribution in [0.2, 0.25) is 0 Å². The Labute approximate surface area is 157 Å². The number of carboxylic acids is 1. The first kappa shape index (κ1) is 20.5. The van der Waals surface area contributed by atoms with Crippen LogP contribution in [-0.4, -0.2) is 35.9 Å². The quantitative estimate of drug-likeness (QED) is 0.443. The van der Waals surface area contributed by atoms with Crippen molar-refractivity contribution in [1.82, 2.24) is 0 Å². The molecule has 7 nitrogen and oxygen atoms in total. The zero-order chi connectivity index (χ0) is 20.0. The number of aliphatic carboxylic acids is 1. The molecule has 0 amide bonds. The van der Waals surface area contributed by atoms with Gasteiger partial charge in [-0.2, -0.15) is 0 Å². The average Bonchev–Trinajstić information content (AvgIpc) is 2.63. The fourth-order valence-corrected chi connectivity index (χ4v) is 3.15. The molecule has 7 heteroatoms. The lowest BCUT2D eigenvalue weighted by atomic mass is 9.87. The van der Waals surface area contributed by atoms with Crippen molar-refractivity contribution in [2.45, 2.75) is 45.6 Å². The van der Waals surface area contributed by atoms with E-state index in [0.29, 0.717) is 48.1 Å². The number of carbonyl (C=O) groups is 3. The third kappa shape index (κ3) is 5.57. The largest absolute Gasteiger partial charge is 0.481 e. The minimum atomic E-state index is -0.791. The van der Waals surface area contributed by atoms with Crippen molar-refractivity contribution in [2.75, 3.05) is 6.79 Å². The monoisotopic (exact) mass is 376 g/mol. The standard InChI is InChI=1S/C20H24O7/c1-4-17(21)25-11-26-18-12(2)9-15(10-13(18)3)20(24)27-16-7-5-14(6-8-16)19(22)23/h4,9-10,14,16H,1,5-8,11H2,2-3H3,(H,22,23). The van der Waals surface area contributed by atoms with Crippen molar-refractivity contribution < 1.29 is 33.7 Å². The summed E-state index contributed by atoms with van der Waals surface area (Å²) in [5.74, 6) is -1.63. The van der Waals surface area contributed by atoms with Crippen molar-refractivity contribution in [3.8, 4) is 5.75 Å². The van der Waals surface area contributed by atoms with Gasteiger partial charge in [0.25, 0.3) is 0 Å². The number of esters is 2. The molecule has 0 saturated heterocycles. The zero-order valence-corrected chi connectivity index (χ0v) is 15.5. The summed E-state index contributed by atoms with van der Waals surface area (Å²) >= 11 is 0. The molecule has 0 spiro atoms. The normalized spacial score (nSPS) is 19.0. The number of carbonyl (C=O) groups excluding carboxylic acids is 2. The van der Waals surface area contributed by atoms with Gasteiger partial charge in [0.15, 0.2) is 0 Å². The van der Waals surface area contributed by atoms with E-state index in [-0.39, 0.29) is 18.8 Å². The van der Waals surface area contributed by atoms with Crippen LogP contribution >= 0.6 is 0 Å². The molecule has 0 radical (unpaired) electrons. The summed E-state index contributed by atoms with van der Waals surface area (Å²) in [6.45, 7) is 6.62. The number of hydrogen-bond donors (Lipinski definition) is 1. The van der Waals surface area contributed by atoms with Crippen LogP contribution in [0.15, 0.2) is 24.8 Å². The summed E-state index contributed by atoms with van der Waals surface area (Å²) in [7, 11) is 0. The van der Waals surface area contributed by atoms with E-state index in [4.69, 9.17) is 19.3 Å². The maximum absolute atomic E-state index is 12.4. The third-order valence-corrected chi connectivity index (χ3v) is 4.56. The molecule has 1 N–H and O–H groups in total. The minimum Gasteiger partial charge on any atom is -0.481 e. The maximum Gasteiger partial charge on any atom is 0.338 e. The number of carboxylic acid groups (broad SMARTS) is 1. The van der Waals surface area contributed by atoms with Gasteiger partial charge in [0.1, 0.15) is 11.9 Å². The van der Waals surface area contributed by atoms with Crippen LogP contribution < -0.4 is 4.74 Å². The van der Waals surface area contributed by atoms with Crippen molar-refractivity contribution >= 4 is 17.9 Å². The van der Waals surface area contributed by atoms with Gasteiger partial charge >= 0.3 is 17.9 Å². The number of ether oxygens (including phenoxy) is 3. The van der Waals surface area contributed by atoms with Crippen LogP contribution in [-0.2, 0) is 19.1 Å². The highest BCUT2D eigenvalue weighted by Crippen LogP contribution is 2.29. The van der Waals surface area contributed by atoms with E-state index < -0.39 is 17.9 Å². The molecule has 0 aliphatic heterocycles. The van der Waals surface area contributed by atoms with Gasteiger partial charge in [-0.05, 0) is 62.8 Å². The van der Waals surface area contributed by atoms with Crippen molar-refractivity contribution in [3.63, 3.8) is 0 Å². The molecule has 1 aliphatic rings. The van der Waals surface area contributed by atoms with E-state index in [1.807, 2.05) is 0 Å². The molecule has 1 fully saturated rings. The molecular formula is C20H24O7. The van der Waals surface area contributed by atoms with E-state index >= 15 is 0 Å². The third-order valence-electron chi connectivity index (χ3n) is 4.56. The van der Waals surface area contributed by atoms with Gasteiger partial charge in [0, 0.05) is 6.08 Å². The predicted octanol–water partition coefficient (Wildman–Crippen LogP) is 3.17. The second-order valence-corrected chi connectivity index (χ2v) is 6.59. The second kappa shape index (κ2) is 9.21. The second-order valence-electron chi connectivity index (χ2n) is 6.59. The highest BCUT2D eigenvalue weighted by molar-refractivity contribution is 5.90. The Kier molecular flexibility index (Phi) is 6.98. The summed E-state index contributed by atoms with van der Waals surface area (Å²) in [6, 6.07) is 3.31. The molecular weight excluding hydrogens is 352 g/mol. The van der Waals surface area contributed by atoms with Crippen LogP contribution in [0.5, 0.6) is 5.75 Å². The SMILES string of the molecule is C=CC(=O)OCOc1c(C)cc(C(=O)OC2CCC(C(=O)O)CC2)cc1C. The topological polar surface area (TPSA) is 99.1 Å². The summed E-state index contributed by atoms with van der Waals surface area (Å²) < 4.78 is 15.8. The lowest BCUT2D eigenvalue weighted by Crippen LogP contribution is -2.27. The van der Waals surface area contributed by atoms with Gasteiger partial charge in [-0.3, -0.25) is 4.79 Å². The van der Waals surface area contributed by atoms with E-state index in [9.17, 15) is 14.4 Å². The Hall–Kier alpha value is -2.83. The van der Waals surface area contributed by atoms with Crippen LogP contribution in [0.3, 0.4) is 0 Å². The Morgan fingerprint density at radius 1 is 1.15 bits per heavy atom.